The summed E-state index contributed by atoms with van der Waals surface area (Å²) < 4.78 is 31.0. The van der Waals surface area contributed by atoms with Crippen molar-refractivity contribution >= 4 is 15.9 Å². The number of hydrogen-bond donors (Lipinski definition) is 0. The van der Waals surface area contributed by atoms with E-state index in [2.05, 4.69) is 20.6 Å². The van der Waals surface area contributed by atoms with E-state index in [0.29, 0.717) is 48.7 Å². The van der Waals surface area contributed by atoms with Gasteiger partial charge in [-0.1, -0.05) is 6.07 Å². The maximum absolute atomic E-state index is 13.3. The third-order valence-corrected chi connectivity index (χ3v) is 7.64. The summed E-state index contributed by atoms with van der Waals surface area (Å²) in [5.41, 5.74) is 2.27. The summed E-state index contributed by atoms with van der Waals surface area (Å²) in [6, 6.07) is 7.04. The number of aryl methyl sites for hydroxylation is 2. The highest BCUT2D eigenvalue weighted by molar-refractivity contribution is 7.89. The molecule has 0 atom stereocenters. The first-order valence-electron chi connectivity index (χ1n) is 9.92. The fourth-order valence-electron chi connectivity index (χ4n) is 3.84. The average Bonchev–Trinajstić information content (AvgIpc) is 3.28. The van der Waals surface area contributed by atoms with E-state index < -0.39 is 10.0 Å². The smallest absolute Gasteiger partial charge is 0.253 e. The molecule has 31 heavy (non-hydrogen) atoms. The Morgan fingerprint density at radius 1 is 1.10 bits per heavy atom. The average molecular weight is 445 g/mol. The third-order valence-electron chi connectivity index (χ3n) is 5.49. The lowest BCUT2D eigenvalue weighted by atomic mass is 10.1. The molecule has 1 aliphatic heterocycles. The number of hydrogen-bond acceptors (Lipinski definition) is 7. The molecule has 2 aromatic heterocycles. The number of tetrazole rings is 1. The Kier molecular flexibility index (Phi) is 5.58. The van der Waals surface area contributed by atoms with Gasteiger partial charge in [0.15, 0.2) is 0 Å². The van der Waals surface area contributed by atoms with E-state index in [1.54, 1.807) is 48.7 Å². The highest BCUT2D eigenvalue weighted by atomic mass is 32.2. The highest BCUT2D eigenvalue weighted by Gasteiger charge is 2.32. The van der Waals surface area contributed by atoms with Gasteiger partial charge >= 0.3 is 0 Å². The fraction of sp³-hybridized carbons (Fsp3) is 0.421. The number of carbonyl (C=O) groups excluding carboxylic acids is 1. The van der Waals surface area contributed by atoms with E-state index >= 15 is 0 Å². The summed E-state index contributed by atoms with van der Waals surface area (Å²) in [4.78, 5) is 15.0. The van der Waals surface area contributed by atoms with Crippen LogP contribution in [0.5, 0.6) is 0 Å². The van der Waals surface area contributed by atoms with E-state index in [0.717, 1.165) is 0 Å². The highest BCUT2D eigenvalue weighted by Crippen LogP contribution is 2.24. The predicted molar refractivity (Wildman–Crippen MR) is 111 cm³/mol. The van der Waals surface area contributed by atoms with Crippen LogP contribution in [0.4, 0.5) is 0 Å². The minimum Gasteiger partial charge on any atom is -0.337 e. The lowest BCUT2D eigenvalue weighted by Gasteiger charge is -2.22. The molecule has 1 aliphatic rings. The fourth-order valence-corrected chi connectivity index (χ4v) is 5.71. The van der Waals surface area contributed by atoms with Crippen molar-refractivity contribution in [2.45, 2.75) is 25.2 Å². The molecule has 1 saturated heterocycles. The van der Waals surface area contributed by atoms with Gasteiger partial charge in [0.2, 0.25) is 10.0 Å². The van der Waals surface area contributed by atoms with Gasteiger partial charge in [-0.3, -0.25) is 9.48 Å². The minimum atomic E-state index is -3.69. The zero-order valence-electron chi connectivity index (χ0n) is 17.6. The summed E-state index contributed by atoms with van der Waals surface area (Å²) in [5, 5.41) is 15.3. The molecule has 1 amide bonds. The molecule has 1 fully saturated rings. The molecular weight excluding hydrogens is 420 g/mol. The van der Waals surface area contributed by atoms with E-state index in [9.17, 15) is 13.2 Å². The van der Waals surface area contributed by atoms with Crippen molar-refractivity contribution in [2.75, 3.05) is 26.2 Å². The number of carbonyl (C=O) groups is 1. The molecule has 0 aliphatic carbocycles. The first-order chi connectivity index (χ1) is 14.8. The lowest BCUT2D eigenvalue weighted by molar-refractivity contribution is 0.0764. The van der Waals surface area contributed by atoms with Crippen LogP contribution in [0.3, 0.4) is 0 Å². The van der Waals surface area contributed by atoms with E-state index in [1.807, 2.05) is 6.07 Å². The lowest BCUT2D eigenvalue weighted by Crippen LogP contribution is -2.37. The standard InChI is InChI=1S/C19H24N8O3S/c1-14-18(15(2)24(3)21-14)31(29,30)26-9-5-8-25(10-11-26)19(28)16-6-4-7-17(12-16)27-13-20-22-23-27/h4,6-7,12-13H,5,8-11H2,1-3H3. The molecule has 0 radical (unpaired) electrons. The van der Waals surface area contributed by atoms with Gasteiger partial charge in [0.05, 0.1) is 17.1 Å². The maximum atomic E-state index is 13.3. The Morgan fingerprint density at radius 2 is 1.90 bits per heavy atom. The van der Waals surface area contributed by atoms with Crippen molar-refractivity contribution < 1.29 is 13.2 Å². The van der Waals surface area contributed by atoms with Crippen molar-refractivity contribution in [1.82, 2.24) is 39.2 Å². The second kappa shape index (κ2) is 8.19. The summed E-state index contributed by atoms with van der Waals surface area (Å²) in [6.45, 7) is 4.82. The quantitative estimate of drug-likeness (QED) is 0.576. The van der Waals surface area contributed by atoms with Gasteiger partial charge in [-0.05, 0) is 48.9 Å². The number of rotatable bonds is 4. The van der Waals surface area contributed by atoms with Gasteiger partial charge < -0.3 is 4.90 Å². The molecule has 0 saturated carbocycles. The molecule has 1 aromatic carbocycles. The Labute approximate surface area is 180 Å². The van der Waals surface area contributed by atoms with Crippen molar-refractivity contribution in [3.05, 3.63) is 47.5 Å². The predicted octanol–water partition coefficient (Wildman–Crippen LogP) is 0.549. The molecule has 0 bridgehead atoms. The van der Waals surface area contributed by atoms with Crippen LogP contribution in [-0.2, 0) is 17.1 Å². The number of sulfonamides is 1. The molecule has 0 unspecified atom stereocenters. The van der Waals surface area contributed by atoms with Crippen LogP contribution in [-0.4, -0.2) is 79.7 Å². The summed E-state index contributed by atoms with van der Waals surface area (Å²) >= 11 is 0. The van der Waals surface area contributed by atoms with Crippen LogP contribution in [0.25, 0.3) is 5.69 Å². The molecule has 3 aromatic rings. The Morgan fingerprint density at radius 3 is 2.58 bits per heavy atom. The van der Waals surface area contributed by atoms with Crippen molar-refractivity contribution in [2.24, 2.45) is 7.05 Å². The normalized spacial score (nSPS) is 15.8. The second-order valence-electron chi connectivity index (χ2n) is 7.48. The van der Waals surface area contributed by atoms with E-state index in [1.165, 1.54) is 15.3 Å². The number of amides is 1. The first-order valence-corrected chi connectivity index (χ1v) is 11.4. The minimum absolute atomic E-state index is 0.150. The van der Waals surface area contributed by atoms with Crippen LogP contribution in [0, 0.1) is 13.8 Å². The number of benzene rings is 1. The molecule has 164 valence electrons. The zero-order valence-corrected chi connectivity index (χ0v) is 18.4. The molecule has 12 heteroatoms. The molecule has 0 N–H and O–H groups in total. The maximum Gasteiger partial charge on any atom is 0.253 e. The molecular formula is C19H24N8O3S. The SMILES string of the molecule is Cc1nn(C)c(C)c1S(=O)(=O)N1CCCN(C(=O)c2cccc(-n3cnnn3)c2)CC1. The Balaban J connectivity index is 1.52. The van der Waals surface area contributed by atoms with Crippen molar-refractivity contribution in [3.8, 4) is 5.69 Å². The van der Waals surface area contributed by atoms with Gasteiger partial charge in [0, 0.05) is 38.8 Å². The zero-order chi connectivity index (χ0) is 22.2. The monoisotopic (exact) mass is 444 g/mol. The topological polar surface area (TPSA) is 119 Å². The van der Waals surface area contributed by atoms with Gasteiger partial charge in [-0.15, -0.1) is 5.10 Å². The molecule has 4 rings (SSSR count). The molecule has 0 spiro atoms. The van der Waals surface area contributed by atoms with Crippen molar-refractivity contribution in [1.29, 1.82) is 0 Å². The van der Waals surface area contributed by atoms with Gasteiger partial charge in [0.1, 0.15) is 11.2 Å². The molecule has 3 heterocycles. The number of aromatic nitrogens is 6. The first kappa shape index (κ1) is 21.1. The Bertz CT molecular complexity index is 1200. The van der Waals surface area contributed by atoms with Crippen LogP contribution in [0.2, 0.25) is 0 Å². The third kappa shape index (κ3) is 3.95. The van der Waals surface area contributed by atoms with E-state index in [4.69, 9.17) is 0 Å². The molecule has 11 nitrogen and oxygen atoms in total. The summed E-state index contributed by atoms with van der Waals surface area (Å²) in [7, 11) is -1.96. The van der Waals surface area contributed by atoms with Crippen LogP contribution >= 0.6 is 0 Å². The summed E-state index contributed by atoms with van der Waals surface area (Å²) in [6.07, 6.45) is 2.01. The second-order valence-corrected chi connectivity index (χ2v) is 9.35. The summed E-state index contributed by atoms with van der Waals surface area (Å²) in [5.74, 6) is -0.150. The largest absolute Gasteiger partial charge is 0.337 e. The van der Waals surface area contributed by atoms with Gasteiger partial charge in [-0.2, -0.15) is 9.40 Å². The van der Waals surface area contributed by atoms with Crippen LogP contribution in [0.15, 0.2) is 35.5 Å². The van der Waals surface area contributed by atoms with Crippen LogP contribution < -0.4 is 0 Å². The van der Waals surface area contributed by atoms with Crippen LogP contribution in [0.1, 0.15) is 28.2 Å². The number of nitrogens with zero attached hydrogens (tertiary/aromatic N) is 8. The Hall–Kier alpha value is -3.12. The van der Waals surface area contributed by atoms with E-state index in [-0.39, 0.29) is 17.3 Å². The van der Waals surface area contributed by atoms with Gasteiger partial charge in [-0.25, -0.2) is 13.1 Å². The van der Waals surface area contributed by atoms with Gasteiger partial charge in [0.25, 0.3) is 5.91 Å². The van der Waals surface area contributed by atoms with Crippen molar-refractivity contribution in [3.63, 3.8) is 0 Å².